The summed E-state index contributed by atoms with van der Waals surface area (Å²) in [6, 6.07) is 8.10. The van der Waals surface area contributed by atoms with Crippen LogP contribution in [0, 0.1) is 17.2 Å². The van der Waals surface area contributed by atoms with Crippen LogP contribution in [0.4, 0.5) is 0 Å². The molecule has 0 heterocycles. The average Bonchev–Trinajstić information content (AvgIpc) is 2.50. The number of rotatable bonds is 7. The van der Waals surface area contributed by atoms with Crippen LogP contribution in [-0.2, 0) is 9.53 Å². The van der Waals surface area contributed by atoms with Gasteiger partial charge in [-0.15, -0.1) is 0 Å². The zero-order chi connectivity index (χ0) is 16.5. The van der Waals surface area contributed by atoms with Crippen LogP contribution in [0.1, 0.15) is 49.5 Å². The number of ether oxygens (including phenoxy) is 1. The maximum Gasteiger partial charge on any atom is 0.338 e. The fourth-order valence-corrected chi connectivity index (χ4v) is 1.87. The zero-order valence-corrected chi connectivity index (χ0v) is 13.3. The van der Waals surface area contributed by atoms with Crippen molar-refractivity contribution in [3.8, 4) is 6.07 Å². The van der Waals surface area contributed by atoms with Crippen molar-refractivity contribution in [2.75, 3.05) is 6.61 Å². The van der Waals surface area contributed by atoms with Gasteiger partial charge >= 0.3 is 5.97 Å². The van der Waals surface area contributed by atoms with Crippen LogP contribution < -0.4 is 5.32 Å². The number of hydrogen-bond donors (Lipinski definition) is 1. The molecule has 1 N–H and O–H groups in total. The summed E-state index contributed by atoms with van der Waals surface area (Å²) in [6.07, 6.45) is 1.93. The van der Waals surface area contributed by atoms with Crippen LogP contribution in [0.15, 0.2) is 24.3 Å². The van der Waals surface area contributed by atoms with Gasteiger partial charge in [-0.1, -0.05) is 13.8 Å². The van der Waals surface area contributed by atoms with Crippen LogP contribution in [0.25, 0.3) is 0 Å². The number of benzene rings is 1. The van der Waals surface area contributed by atoms with E-state index in [0.29, 0.717) is 17.0 Å². The zero-order valence-electron chi connectivity index (χ0n) is 13.3. The Bertz CT molecular complexity index is 544. The van der Waals surface area contributed by atoms with Gasteiger partial charge in [0, 0.05) is 6.04 Å². The lowest BCUT2D eigenvalue weighted by atomic mass is 10.0. The molecule has 0 aromatic heterocycles. The third kappa shape index (κ3) is 6.40. The highest BCUT2D eigenvalue weighted by atomic mass is 16.5. The van der Waals surface area contributed by atoms with Gasteiger partial charge in [-0.25, -0.2) is 4.79 Å². The summed E-state index contributed by atoms with van der Waals surface area (Å²) in [4.78, 5) is 23.5. The molecule has 0 fully saturated rings. The summed E-state index contributed by atoms with van der Waals surface area (Å²) in [7, 11) is 0. The Balaban J connectivity index is 2.36. The predicted molar refractivity (Wildman–Crippen MR) is 83.1 cm³/mol. The Labute approximate surface area is 131 Å². The van der Waals surface area contributed by atoms with Crippen LogP contribution in [0.5, 0.6) is 0 Å². The normalized spacial score (nSPS) is 11.6. The largest absolute Gasteiger partial charge is 0.452 e. The van der Waals surface area contributed by atoms with Gasteiger partial charge in [0.25, 0.3) is 5.91 Å². The second kappa shape index (κ2) is 8.83. The van der Waals surface area contributed by atoms with E-state index in [4.69, 9.17) is 10.00 Å². The molecule has 1 rings (SSSR count). The number of amides is 1. The summed E-state index contributed by atoms with van der Waals surface area (Å²) in [5.74, 6) is -0.290. The van der Waals surface area contributed by atoms with E-state index in [9.17, 15) is 9.59 Å². The number of hydrogen-bond acceptors (Lipinski definition) is 4. The van der Waals surface area contributed by atoms with E-state index in [1.54, 1.807) is 0 Å². The summed E-state index contributed by atoms with van der Waals surface area (Å²) >= 11 is 0. The monoisotopic (exact) mass is 302 g/mol. The third-order valence-electron chi connectivity index (χ3n) is 3.17. The molecule has 1 amide bonds. The first-order valence-corrected chi connectivity index (χ1v) is 7.39. The van der Waals surface area contributed by atoms with Crippen molar-refractivity contribution < 1.29 is 14.3 Å². The van der Waals surface area contributed by atoms with Crippen molar-refractivity contribution in [1.82, 2.24) is 5.32 Å². The molecule has 5 heteroatoms. The van der Waals surface area contributed by atoms with E-state index in [-0.39, 0.29) is 18.6 Å². The molecular formula is C17H22N2O3. The van der Waals surface area contributed by atoms with Crippen LogP contribution in [0.2, 0.25) is 0 Å². The van der Waals surface area contributed by atoms with Crippen LogP contribution in [-0.4, -0.2) is 24.5 Å². The van der Waals surface area contributed by atoms with Crippen molar-refractivity contribution in [2.24, 2.45) is 5.92 Å². The number of nitriles is 1. The average molecular weight is 302 g/mol. The number of nitrogens with one attached hydrogen (secondary N) is 1. The van der Waals surface area contributed by atoms with Gasteiger partial charge in [0.1, 0.15) is 0 Å². The van der Waals surface area contributed by atoms with E-state index < -0.39 is 5.97 Å². The van der Waals surface area contributed by atoms with E-state index in [1.807, 2.05) is 13.0 Å². The molecule has 118 valence electrons. The summed E-state index contributed by atoms with van der Waals surface area (Å²) < 4.78 is 4.96. The molecule has 5 nitrogen and oxygen atoms in total. The lowest BCUT2D eigenvalue weighted by Gasteiger charge is -2.15. The van der Waals surface area contributed by atoms with Crippen molar-refractivity contribution in [3.63, 3.8) is 0 Å². The molecule has 0 unspecified atom stereocenters. The van der Waals surface area contributed by atoms with Gasteiger partial charge in [0.2, 0.25) is 0 Å². The minimum atomic E-state index is -0.575. The molecule has 0 aliphatic rings. The molecule has 1 aromatic rings. The Kier molecular flexibility index (Phi) is 7.11. The molecule has 0 bridgehead atoms. The lowest BCUT2D eigenvalue weighted by Crippen LogP contribution is -2.36. The molecule has 22 heavy (non-hydrogen) atoms. The number of carbonyl (C=O) groups excluding carboxylic acids is 2. The second-order valence-corrected chi connectivity index (χ2v) is 5.71. The first kappa shape index (κ1) is 17.7. The maximum absolute atomic E-state index is 11.8. The standard InChI is InChI=1S/C17H22N2O3/c1-12(2)4-5-13(3)19-16(20)11-22-17(21)15-8-6-14(10-18)7-9-15/h6-9,12-13H,4-5,11H2,1-3H3,(H,19,20)/t13-/m0/s1. The fraction of sp³-hybridized carbons (Fsp3) is 0.471. The highest BCUT2D eigenvalue weighted by Gasteiger charge is 2.12. The smallest absolute Gasteiger partial charge is 0.338 e. The topological polar surface area (TPSA) is 79.2 Å². The van der Waals surface area contributed by atoms with Gasteiger partial charge in [0.05, 0.1) is 17.2 Å². The summed E-state index contributed by atoms with van der Waals surface area (Å²) in [5.41, 5.74) is 0.785. The van der Waals surface area contributed by atoms with Crippen molar-refractivity contribution >= 4 is 11.9 Å². The third-order valence-corrected chi connectivity index (χ3v) is 3.17. The highest BCUT2D eigenvalue weighted by molar-refractivity contribution is 5.91. The van der Waals surface area contributed by atoms with Gasteiger partial charge in [-0.05, 0) is 49.9 Å². The van der Waals surface area contributed by atoms with Gasteiger partial charge < -0.3 is 10.1 Å². The summed E-state index contributed by atoms with van der Waals surface area (Å²) in [5, 5.41) is 11.5. The Morgan fingerprint density at radius 1 is 1.18 bits per heavy atom. The fourth-order valence-electron chi connectivity index (χ4n) is 1.87. The van der Waals surface area contributed by atoms with Crippen LogP contribution >= 0.6 is 0 Å². The van der Waals surface area contributed by atoms with E-state index in [1.165, 1.54) is 24.3 Å². The Morgan fingerprint density at radius 2 is 1.82 bits per heavy atom. The van der Waals surface area contributed by atoms with Crippen LogP contribution in [0.3, 0.4) is 0 Å². The summed E-state index contributed by atoms with van der Waals surface area (Å²) in [6.45, 7) is 5.90. The Hall–Kier alpha value is -2.35. The SMILES string of the molecule is CC(C)CC[C@H](C)NC(=O)COC(=O)c1ccc(C#N)cc1. The molecule has 1 aromatic carbocycles. The molecule has 0 aliphatic carbocycles. The minimum Gasteiger partial charge on any atom is -0.452 e. The molecule has 0 saturated heterocycles. The molecular weight excluding hydrogens is 280 g/mol. The molecule has 0 aliphatic heterocycles. The Morgan fingerprint density at radius 3 is 2.36 bits per heavy atom. The van der Waals surface area contributed by atoms with Crippen molar-refractivity contribution in [1.29, 1.82) is 5.26 Å². The quantitative estimate of drug-likeness (QED) is 0.785. The van der Waals surface area contributed by atoms with Crippen molar-refractivity contribution in [3.05, 3.63) is 35.4 Å². The molecule has 0 spiro atoms. The number of carbonyl (C=O) groups is 2. The predicted octanol–water partition coefficient (Wildman–Crippen LogP) is 2.66. The van der Waals surface area contributed by atoms with Crippen molar-refractivity contribution in [2.45, 2.75) is 39.7 Å². The number of nitrogens with zero attached hydrogens (tertiary/aromatic N) is 1. The van der Waals surface area contributed by atoms with Gasteiger partial charge in [-0.3, -0.25) is 4.79 Å². The minimum absolute atomic E-state index is 0.0588. The highest BCUT2D eigenvalue weighted by Crippen LogP contribution is 2.07. The lowest BCUT2D eigenvalue weighted by molar-refractivity contribution is -0.124. The first-order chi connectivity index (χ1) is 10.4. The molecule has 0 radical (unpaired) electrons. The first-order valence-electron chi connectivity index (χ1n) is 7.39. The van der Waals surface area contributed by atoms with Gasteiger partial charge in [-0.2, -0.15) is 5.26 Å². The molecule has 1 atom stereocenters. The van der Waals surface area contributed by atoms with Gasteiger partial charge in [0.15, 0.2) is 6.61 Å². The van der Waals surface area contributed by atoms with E-state index >= 15 is 0 Å². The maximum atomic E-state index is 11.8. The number of esters is 1. The molecule has 0 saturated carbocycles. The van der Waals surface area contributed by atoms with E-state index in [0.717, 1.165) is 12.8 Å². The van der Waals surface area contributed by atoms with E-state index in [2.05, 4.69) is 19.2 Å². The second-order valence-electron chi connectivity index (χ2n) is 5.71.